The molecule has 0 atom stereocenters. The Labute approximate surface area is 86.5 Å². The van der Waals surface area contributed by atoms with Crippen LogP contribution >= 0.6 is 0 Å². The van der Waals surface area contributed by atoms with Gasteiger partial charge in [-0.05, 0) is 12.1 Å². The van der Waals surface area contributed by atoms with Crippen LogP contribution in [-0.4, -0.2) is 24.0 Å². The minimum Gasteiger partial charge on any atom is -0.372 e. The fourth-order valence-electron chi connectivity index (χ4n) is 1.65. The van der Waals surface area contributed by atoms with E-state index >= 15 is 0 Å². The number of rotatable bonds is 2. The van der Waals surface area contributed by atoms with Crippen molar-refractivity contribution in [2.24, 2.45) is 0 Å². The Morgan fingerprint density at radius 1 is 1.33 bits per heavy atom. The van der Waals surface area contributed by atoms with E-state index in [9.17, 15) is 10.1 Å². The molecular weight excluding hydrogens is 194 g/mol. The first-order chi connectivity index (χ1) is 7.11. The lowest BCUT2D eigenvalue weighted by molar-refractivity contribution is -0.382. The Balaban J connectivity index is 2.81. The molecule has 78 valence electrons. The van der Waals surface area contributed by atoms with Crippen LogP contribution in [0.4, 0.5) is 11.4 Å². The molecule has 0 aliphatic carbocycles. The Bertz CT molecular complexity index is 516. The van der Waals surface area contributed by atoms with Crippen molar-refractivity contribution in [3.8, 4) is 0 Å². The number of nitro benzene ring substituents is 1. The molecular formula is C10H11N3O2. The minimum atomic E-state index is -0.353. The van der Waals surface area contributed by atoms with E-state index in [-0.39, 0.29) is 10.6 Å². The van der Waals surface area contributed by atoms with Gasteiger partial charge in [0.2, 0.25) is 0 Å². The van der Waals surface area contributed by atoms with Gasteiger partial charge in [0.05, 0.1) is 4.92 Å². The third-order valence-corrected chi connectivity index (χ3v) is 2.34. The quantitative estimate of drug-likeness (QED) is 0.603. The van der Waals surface area contributed by atoms with E-state index in [4.69, 9.17) is 0 Å². The number of nitrogens with one attached hydrogen (secondary N) is 1. The summed E-state index contributed by atoms with van der Waals surface area (Å²) in [6.07, 6.45) is 1.71. The van der Waals surface area contributed by atoms with Crippen LogP contribution in [0, 0.1) is 10.1 Å². The smallest absolute Gasteiger partial charge is 0.316 e. The molecule has 1 N–H and O–H groups in total. The molecule has 0 fully saturated rings. The van der Waals surface area contributed by atoms with Gasteiger partial charge < -0.3 is 9.88 Å². The number of aromatic amines is 1. The number of hydrogen-bond acceptors (Lipinski definition) is 3. The molecule has 15 heavy (non-hydrogen) atoms. The van der Waals surface area contributed by atoms with Crippen molar-refractivity contribution in [2.75, 3.05) is 19.0 Å². The van der Waals surface area contributed by atoms with Crippen LogP contribution in [-0.2, 0) is 0 Å². The van der Waals surface area contributed by atoms with Crippen LogP contribution in [0.2, 0.25) is 0 Å². The summed E-state index contributed by atoms with van der Waals surface area (Å²) in [7, 11) is 3.58. The Morgan fingerprint density at radius 2 is 2.07 bits per heavy atom. The molecule has 2 rings (SSSR count). The summed E-state index contributed by atoms with van der Waals surface area (Å²) in [5.41, 5.74) is 1.31. The molecule has 0 saturated heterocycles. The lowest BCUT2D eigenvalue weighted by Gasteiger charge is -2.12. The SMILES string of the molecule is CN(C)c1ccc2cc[nH]c2c1[N+](=O)[O-]. The molecule has 0 saturated carbocycles. The standard InChI is InChI=1S/C10H11N3O2/c1-12(2)8-4-3-7-5-6-11-9(7)10(8)13(14)15/h3-6,11H,1-2H3. The van der Waals surface area contributed by atoms with Crippen LogP contribution in [0.1, 0.15) is 0 Å². The van der Waals surface area contributed by atoms with E-state index in [0.717, 1.165) is 5.39 Å². The lowest BCUT2D eigenvalue weighted by Crippen LogP contribution is -2.11. The predicted molar refractivity (Wildman–Crippen MR) is 59.3 cm³/mol. The first-order valence-electron chi connectivity index (χ1n) is 4.53. The molecule has 2 aromatic rings. The van der Waals surface area contributed by atoms with Crippen LogP contribution in [0.25, 0.3) is 10.9 Å². The largest absolute Gasteiger partial charge is 0.372 e. The molecule has 0 aliphatic heterocycles. The number of hydrogen-bond donors (Lipinski definition) is 1. The Morgan fingerprint density at radius 3 is 2.67 bits per heavy atom. The predicted octanol–water partition coefficient (Wildman–Crippen LogP) is 2.14. The van der Waals surface area contributed by atoms with Crippen molar-refractivity contribution in [2.45, 2.75) is 0 Å². The number of aromatic nitrogens is 1. The van der Waals surface area contributed by atoms with Gasteiger partial charge in [-0.3, -0.25) is 10.1 Å². The van der Waals surface area contributed by atoms with E-state index in [1.165, 1.54) is 0 Å². The highest BCUT2D eigenvalue weighted by Crippen LogP contribution is 2.33. The van der Waals surface area contributed by atoms with Crippen LogP contribution in [0.3, 0.4) is 0 Å². The number of H-pyrrole nitrogens is 1. The Hall–Kier alpha value is -2.04. The van der Waals surface area contributed by atoms with Gasteiger partial charge in [0.15, 0.2) is 0 Å². The molecule has 1 heterocycles. The van der Waals surface area contributed by atoms with Crippen LogP contribution in [0.15, 0.2) is 24.4 Å². The Kier molecular flexibility index (Phi) is 2.07. The average Bonchev–Trinajstić information content (AvgIpc) is 2.62. The third-order valence-electron chi connectivity index (χ3n) is 2.34. The first kappa shape index (κ1) is 9.51. The number of nitro groups is 1. The second-order valence-electron chi connectivity index (χ2n) is 3.53. The summed E-state index contributed by atoms with van der Waals surface area (Å²) in [6.45, 7) is 0. The molecule has 1 aromatic carbocycles. The zero-order valence-electron chi connectivity index (χ0n) is 8.52. The second-order valence-corrected chi connectivity index (χ2v) is 3.53. The average molecular weight is 205 g/mol. The van der Waals surface area contributed by atoms with E-state index in [0.29, 0.717) is 11.2 Å². The normalized spacial score (nSPS) is 10.5. The number of nitrogens with zero attached hydrogens (tertiary/aromatic N) is 2. The van der Waals surface area contributed by atoms with Crippen molar-refractivity contribution >= 4 is 22.3 Å². The lowest BCUT2D eigenvalue weighted by atomic mass is 10.2. The van der Waals surface area contributed by atoms with Crippen LogP contribution in [0.5, 0.6) is 0 Å². The van der Waals surface area contributed by atoms with Crippen molar-refractivity contribution in [1.29, 1.82) is 0 Å². The fourth-order valence-corrected chi connectivity index (χ4v) is 1.65. The molecule has 5 nitrogen and oxygen atoms in total. The highest BCUT2D eigenvalue weighted by molar-refractivity contribution is 5.94. The summed E-state index contributed by atoms with van der Waals surface area (Å²) in [5.74, 6) is 0. The number of anilines is 1. The monoisotopic (exact) mass is 205 g/mol. The molecule has 0 spiro atoms. The topological polar surface area (TPSA) is 62.2 Å². The maximum atomic E-state index is 11.0. The third kappa shape index (κ3) is 1.41. The molecule has 0 amide bonds. The minimum absolute atomic E-state index is 0.127. The van der Waals surface area contributed by atoms with Gasteiger partial charge in [0.25, 0.3) is 0 Å². The summed E-state index contributed by atoms with van der Waals surface area (Å²) >= 11 is 0. The molecule has 0 radical (unpaired) electrons. The van der Waals surface area contributed by atoms with Gasteiger partial charge in [-0.15, -0.1) is 0 Å². The van der Waals surface area contributed by atoms with E-state index in [1.54, 1.807) is 31.3 Å². The van der Waals surface area contributed by atoms with E-state index < -0.39 is 0 Å². The van der Waals surface area contributed by atoms with Gasteiger partial charge in [0, 0.05) is 25.7 Å². The first-order valence-corrected chi connectivity index (χ1v) is 4.53. The maximum absolute atomic E-state index is 11.0. The maximum Gasteiger partial charge on any atom is 0.316 e. The van der Waals surface area contributed by atoms with Crippen molar-refractivity contribution in [3.05, 3.63) is 34.5 Å². The fraction of sp³-hybridized carbons (Fsp3) is 0.200. The van der Waals surface area contributed by atoms with Crippen molar-refractivity contribution in [3.63, 3.8) is 0 Å². The summed E-state index contributed by atoms with van der Waals surface area (Å²) in [5, 5.41) is 11.9. The van der Waals surface area contributed by atoms with Gasteiger partial charge in [0.1, 0.15) is 11.2 Å². The van der Waals surface area contributed by atoms with E-state index in [2.05, 4.69) is 4.98 Å². The van der Waals surface area contributed by atoms with Crippen LogP contribution < -0.4 is 4.90 Å². The number of benzene rings is 1. The van der Waals surface area contributed by atoms with Gasteiger partial charge >= 0.3 is 5.69 Å². The van der Waals surface area contributed by atoms with Gasteiger partial charge in [-0.25, -0.2) is 0 Å². The number of fused-ring (bicyclic) bond motifs is 1. The molecule has 0 bridgehead atoms. The van der Waals surface area contributed by atoms with Crippen molar-refractivity contribution < 1.29 is 4.92 Å². The zero-order valence-corrected chi connectivity index (χ0v) is 8.52. The van der Waals surface area contributed by atoms with E-state index in [1.807, 2.05) is 12.1 Å². The molecule has 5 heteroatoms. The van der Waals surface area contributed by atoms with Gasteiger partial charge in [-0.2, -0.15) is 0 Å². The molecule has 0 unspecified atom stereocenters. The highest BCUT2D eigenvalue weighted by atomic mass is 16.6. The summed E-state index contributed by atoms with van der Waals surface area (Å²) in [4.78, 5) is 15.3. The zero-order chi connectivity index (χ0) is 11.0. The summed E-state index contributed by atoms with van der Waals surface area (Å²) < 4.78 is 0. The molecule has 1 aromatic heterocycles. The highest BCUT2D eigenvalue weighted by Gasteiger charge is 2.20. The molecule has 0 aliphatic rings. The van der Waals surface area contributed by atoms with Crippen molar-refractivity contribution in [1.82, 2.24) is 4.98 Å². The van der Waals surface area contributed by atoms with Gasteiger partial charge in [-0.1, -0.05) is 6.07 Å². The summed E-state index contributed by atoms with van der Waals surface area (Å²) in [6, 6.07) is 5.45. The second kappa shape index (κ2) is 3.27.